The van der Waals surface area contributed by atoms with Gasteiger partial charge in [0.1, 0.15) is 0 Å². The molecule has 2 heterocycles. The van der Waals surface area contributed by atoms with E-state index in [4.69, 9.17) is 21.9 Å². The van der Waals surface area contributed by atoms with Crippen LogP contribution >= 0.6 is 11.6 Å². The maximum atomic E-state index is 13.8. The van der Waals surface area contributed by atoms with E-state index >= 15 is 0 Å². The van der Waals surface area contributed by atoms with Gasteiger partial charge in [-0.2, -0.15) is 0 Å². The Morgan fingerprint density at radius 3 is 2.85 bits per heavy atom. The Morgan fingerprint density at radius 2 is 2.10 bits per heavy atom. The Morgan fingerprint density at radius 1 is 1.25 bits per heavy atom. The van der Waals surface area contributed by atoms with E-state index in [0.29, 0.717) is 16.1 Å². The van der Waals surface area contributed by atoms with Gasteiger partial charge in [0.2, 0.25) is 0 Å². The maximum absolute atomic E-state index is 13.8. The Balaban J connectivity index is 2.23. The van der Waals surface area contributed by atoms with Crippen LogP contribution in [0.15, 0.2) is 47.2 Å². The van der Waals surface area contributed by atoms with E-state index in [-0.39, 0.29) is 17.1 Å². The van der Waals surface area contributed by atoms with Gasteiger partial charge in [-0.25, -0.2) is 4.39 Å². The van der Waals surface area contributed by atoms with Crippen LogP contribution in [0.4, 0.5) is 10.2 Å². The fourth-order valence-electron chi connectivity index (χ4n) is 1.97. The number of halogens is 2. The van der Waals surface area contributed by atoms with E-state index < -0.39 is 5.82 Å². The molecular formula is C14H9ClFN3O. The summed E-state index contributed by atoms with van der Waals surface area (Å²) in [4.78, 5) is 3.70. The first-order valence-electron chi connectivity index (χ1n) is 5.78. The highest BCUT2D eigenvalue weighted by Crippen LogP contribution is 2.37. The summed E-state index contributed by atoms with van der Waals surface area (Å²) in [6.45, 7) is 0. The number of nitrogens with two attached hydrogens (primary N) is 1. The summed E-state index contributed by atoms with van der Waals surface area (Å²) in [7, 11) is 0. The van der Waals surface area contributed by atoms with Crippen molar-refractivity contribution in [2.75, 3.05) is 5.73 Å². The van der Waals surface area contributed by atoms with Gasteiger partial charge in [0.25, 0.3) is 0 Å². The molecule has 0 aliphatic rings. The molecule has 6 heteroatoms. The molecule has 3 rings (SSSR count). The van der Waals surface area contributed by atoms with E-state index in [0.717, 1.165) is 6.20 Å². The van der Waals surface area contributed by atoms with Gasteiger partial charge in [-0.3, -0.25) is 4.98 Å². The van der Waals surface area contributed by atoms with Crippen LogP contribution in [0.3, 0.4) is 0 Å². The molecule has 0 saturated carbocycles. The highest BCUT2D eigenvalue weighted by Gasteiger charge is 2.20. The average molecular weight is 290 g/mol. The molecule has 0 radical (unpaired) electrons. The zero-order valence-electron chi connectivity index (χ0n) is 10.2. The average Bonchev–Trinajstić information content (AvgIpc) is 2.81. The molecule has 0 atom stereocenters. The number of rotatable bonds is 2. The Hall–Kier alpha value is -2.40. The van der Waals surface area contributed by atoms with Crippen molar-refractivity contribution in [2.45, 2.75) is 0 Å². The smallest absolute Gasteiger partial charge is 0.179 e. The number of pyridine rings is 1. The summed E-state index contributed by atoms with van der Waals surface area (Å²) in [6, 6.07) is 8.53. The highest BCUT2D eigenvalue weighted by molar-refractivity contribution is 6.30. The SMILES string of the molecule is Nc1noc(-c2ccncc2F)c1-c1cccc(Cl)c1. The first-order chi connectivity index (χ1) is 9.66. The molecule has 1 aromatic carbocycles. The lowest BCUT2D eigenvalue weighted by Crippen LogP contribution is -1.90. The van der Waals surface area contributed by atoms with Gasteiger partial charge in [0, 0.05) is 11.2 Å². The number of anilines is 1. The van der Waals surface area contributed by atoms with E-state index in [1.807, 2.05) is 0 Å². The van der Waals surface area contributed by atoms with Gasteiger partial charge in [0.15, 0.2) is 17.4 Å². The molecule has 0 aliphatic heterocycles. The van der Waals surface area contributed by atoms with Crippen LogP contribution in [0.25, 0.3) is 22.5 Å². The van der Waals surface area contributed by atoms with Gasteiger partial charge >= 0.3 is 0 Å². The third-order valence-corrected chi connectivity index (χ3v) is 3.08. The number of benzene rings is 1. The second-order valence-corrected chi connectivity index (χ2v) is 4.57. The number of aromatic nitrogens is 2. The normalized spacial score (nSPS) is 10.7. The van der Waals surface area contributed by atoms with E-state index in [1.54, 1.807) is 24.3 Å². The minimum Gasteiger partial charge on any atom is -0.380 e. The predicted molar refractivity (Wildman–Crippen MR) is 74.6 cm³/mol. The Labute approximate surface area is 119 Å². The molecule has 0 spiro atoms. The molecule has 4 nitrogen and oxygen atoms in total. The van der Waals surface area contributed by atoms with Crippen LogP contribution in [0.2, 0.25) is 5.02 Å². The molecule has 0 amide bonds. The fraction of sp³-hybridized carbons (Fsp3) is 0. The van der Waals surface area contributed by atoms with Crippen LogP contribution in [0.1, 0.15) is 0 Å². The van der Waals surface area contributed by atoms with Gasteiger partial charge in [-0.15, -0.1) is 0 Å². The van der Waals surface area contributed by atoms with Crippen molar-refractivity contribution in [3.63, 3.8) is 0 Å². The van der Waals surface area contributed by atoms with Gasteiger partial charge in [0.05, 0.1) is 17.3 Å². The molecule has 0 saturated heterocycles. The lowest BCUT2D eigenvalue weighted by Gasteiger charge is -2.04. The van der Waals surface area contributed by atoms with Crippen LogP contribution in [0, 0.1) is 5.82 Å². The lowest BCUT2D eigenvalue weighted by molar-refractivity contribution is 0.433. The van der Waals surface area contributed by atoms with E-state index in [2.05, 4.69) is 10.1 Å². The first-order valence-corrected chi connectivity index (χ1v) is 6.15. The first kappa shape index (κ1) is 12.6. The Kier molecular flexibility index (Phi) is 3.12. The molecule has 20 heavy (non-hydrogen) atoms. The molecule has 0 aliphatic carbocycles. The van der Waals surface area contributed by atoms with E-state index in [9.17, 15) is 4.39 Å². The van der Waals surface area contributed by atoms with Crippen LogP contribution in [0.5, 0.6) is 0 Å². The van der Waals surface area contributed by atoms with E-state index in [1.165, 1.54) is 12.3 Å². The number of hydrogen-bond acceptors (Lipinski definition) is 4. The highest BCUT2D eigenvalue weighted by atomic mass is 35.5. The van der Waals surface area contributed by atoms with Crippen molar-refractivity contribution in [3.05, 3.63) is 53.6 Å². The molecule has 3 aromatic rings. The number of nitrogens with zero attached hydrogens (tertiary/aromatic N) is 2. The van der Waals surface area contributed by atoms with Gasteiger partial charge < -0.3 is 10.3 Å². The molecule has 0 bridgehead atoms. The van der Waals surface area contributed by atoms with Crippen molar-refractivity contribution >= 4 is 17.4 Å². The molecule has 0 unspecified atom stereocenters. The summed E-state index contributed by atoms with van der Waals surface area (Å²) in [5.74, 6) is -0.0740. The van der Waals surface area contributed by atoms with Crippen LogP contribution < -0.4 is 5.73 Å². The fourth-order valence-corrected chi connectivity index (χ4v) is 2.16. The molecule has 100 valence electrons. The van der Waals surface area contributed by atoms with Crippen molar-refractivity contribution in [1.82, 2.24) is 10.1 Å². The van der Waals surface area contributed by atoms with Crippen molar-refractivity contribution in [2.24, 2.45) is 0 Å². The minimum atomic E-state index is -0.507. The summed E-state index contributed by atoms with van der Waals surface area (Å²) < 4.78 is 19.0. The second kappa shape index (κ2) is 4.94. The van der Waals surface area contributed by atoms with Crippen molar-refractivity contribution in [3.8, 4) is 22.5 Å². The Bertz CT molecular complexity index is 773. The largest absolute Gasteiger partial charge is 0.380 e. The van der Waals surface area contributed by atoms with Crippen molar-refractivity contribution in [1.29, 1.82) is 0 Å². The summed E-state index contributed by atoms with van der Waals surface area (Å²) in [5.41, 5.74) is 7.30. The zero-order valence-corrected chi connectivity index (χ0v) is 10.9. The topological polar surface area (TPSA) is 64.9 Å². The number of hydrogen-bond donors (Lipinski definition) is 1. The molecule has 2 aromatic heterocycles. The van der Waals surface area contributed by atoms with Gasteiger partial charge in [-0.1, -0.05) is 28.9 Å². The molecule has 2 N–H and O–H groups in total. The monoisotopic (exact) mass is 289 g/mol. The zero-order chi connectivity index (χ0) is 14.1. The summed E-state index contributed by atoms with van der Waals surface area (Å²) in [6.07, 6.45) is 2.58. The predicted octanol–water partition coefficient (Wildman–Crippen LogP) is 3.78. The molecular weight excluding hydrogens is 281 g/mol. The summed E-state index contributed by atoms with van der Waals surface area (Å²) >= 11 is 5.97. The van der Waals surface area contributed by atoms with Crippen molar-refractivity contribution < 1.29 is 8.91 Å². The number of nitrogen functional groups attached to an aromatic ring is 1. The summed E-state index contributed by atoms with van der Waals surface area (Å²) in [5, 5.41) is 4.26. The molecule has 0 fully saturated rings. The minimum absolute atomic E-state index is 0.179. The third kappa shape index (κ3) is 2.12. The standard InChI is InChI=1S/C14H9ClFN3O/c15-9-3-1-2-8(6-9)12-13(20-19-14(12)17)10-4-5-18-7-11(10)16/h1-7H,(H2,17,19). The maximum Gasteiger partial charge on any atom is 0.179 e. The lowest BCUT2D eigenvalue weighted by atomic mass is 10.0. The third-order valence-electron chi connectivity index (χ3n) is 2.85. The van der Waals surface area contributed by atoms with Gasteiger partial charge in [-0.05, 0) is 23.8 Å². The second-order valence-electron chi connectivity index (χ2n) is 4.14. The quantitative estimate of drug-likeness (QED) is 0.780. The van der Waals surface area contributed by atoms with Crippen LogP contribution in [-0.2, 0) is 0 Å². The van der Waals surface area contributed by atoms with Crippen LogP contribution in [-0.4, -0.2) is 10.1 Å².